The van der Waals surface area contributed by atoms with Crippen LogP contribution < -0.4 is 21.5 Å². The third-order valence-electron chi connectivity index (χ3n) is 6.87. The molecule has 2 heterocycles. The predicted molar refractivity (Wildman–Crippen MR) is 138 cm³/mol. The number of hydrogen-bond acceptors (Lipinski definition) is 5. The molecule has 1 unspecified atom stereocenters. The van der Waals surface area contributed by atoms with Crippen LogP contribution in [0.3, 0.4) is 0 Å². The van der Waals surface area contributed by atoms with Gasteiger partial charge in [0.15, 0.2) is 0 Å². The molecule has 4 rings (SSSR count). The first-order chi connectivity index (χ1) is 18.5. The number of aryl methyl sites for hydroxylation is 1. The van der Waals surface area contributed by atoms with E-state index in [1.54, 1.807) is 6.07 Å². The van der Waals surface area contributed by atoms with Crippen molar-refractivity contribution in [2.24, 2.45) is 11.5 Å². The Kier molecular flexibility index (Phi) is 9.10. The van der Waals surface area contributed by atoms with Gasteiger partial charge in [-0.2, -0.15) is 13.2 Å². The third kappa shape index (κ3) is 7.87. The summed E-state index contributed by atoms with van der Waals surface area (Å²) < 4.78 is 82.4. The number of halogens is 6. The van der Waals surface area contributed by atoms with Crippen LogP contribution in [-0.4, -0.2) is 54.2 Å². The monoisotopic (exact) mass is 557 g/mol. The van der Waals surface area contributed by atoms with E-state index >= 15 is 0 Å². The van der Waals surface area contributed by atoms with Crippen molar-refractivity contribution in [3.63, 3.8) is 0 Å². The molecule has 0 bridgehead atoms. The molecule has 5 N–H and O–H groups in total. The number of benzene rings is 2. The van der Waals surface area contributed by atoms with Gasteiger partial charge in [0.05, 0.1) is 6.54 Å². The van der Waals surface area contributed by atoms with Crippen LogP contribution in [0.1, 0.15) is 30.4 Å². The minimum atomic E-state index is -4.81. The van der Waals surface area contributed by atoms with Gasteiger partial charge in [0.1, 0.15) is 5.75 Å². The summed E-state index contributed by atoms with van der Waals surface area (Å²) in [6, 6.07) is 9.96. The highest BCUT2D eigenvalue weighted by atomic mass is 19.4. The van der Waals surface area contributed by atoms with Crippen molar-refractivity contribution >= 4 is 10.9 Å². The average molecular weight is 558 g/mol. The average Bonchev–Trinajstić information content (AvgIpc) is 3.22. The normalized spacial score (nSPS) is 17.2. The molecule has 0 amide bonds. The minimum Gasteiger partial charge on any atom is -0.406 e. The minimum absolute atomic E-state index is 0.0135. The zero-order valence-electron chi connectivity index (χ0n) is 21.4. The highest BCUT2D eigenvalue weighted by molar-refractivity contribution is 5.97. The number of aromatic nitrogens is 1. The van der Waals surface area contributed by atoms with E-state index in [1.807, 2.05) is 24.4 Å². The lowest BCUT2D eigenvalue weighted by atomic mass is 9.97. The van der Waals surface area contributed by atoms with E-state index in [9.17, 15) is 26.3 Å². The van der Waals surface area contributed by atoms with Crippen molar-refractivity contribution in [1.82, 2.24) is 14.8 Å². The Morgan fingerprint density at radius 2 is 1.79 bits per heavy atom. The molecule has 39 heavy (non-hydrogen) atoms. The first-order valence-electron chi connectivity index (χ1n) is 12.9. The summed E-state index contributed by atoms with van der Waals surface area (Å²) in [6.45, 7) is 2.03. The summed E-state index contributed by atoms with van der Waals surface area (Å²) in [7, 11) is 0. The highest BCUT2D eigenvalue weighted by Crippen LogP contribution is 2.36. The maximum absolute atomic E-state index is 12.8. The molecular weight excluding hydrogens is 524 g/mol. The quantitative estimate of drug-likeness (QED) is 0.301. The van der Waals surface area contributed by atoms with Crippen molar-refractivity contribution < 1.29 is 31.1 Å². The van der Waals surface area contributed by atoms with Crippen LogP contribution in [0.5, 0.6) is 5.75 Å². The van der Waals surface area contributed by atoms with Gasteiger partial charge in [0.25, 0.3) is 0 Å². The lowest BCUT2D eigenvalue weighted by Gasteiger charge is -2.33. The molecule has 12 heteroatoms. The molecule has 0 radical (unpaired) electrons. The molecule has 2 aromatic carbocycles. The summed E-state index contributed by atoms with van der Waals surface area (Å²) in [5.74, 6) is -0.335. The Balaban J connectivity index is 1.63. The van der Waals surface area contributed by atoms with Gasteiger partial charge in [-0.05, 0) is 73.3 Å². The lowest BCUT2D eigenvalue weighted by molar-refractivity contribution is -0.274. The van der Waals surface area contributed by atoms with Gasteiger partial charge < -0.3 is 26.1 Å². The Morgan fingerprint density at radius 3 is 2.49 bits per heavy atom. The smallest absolute Gasteiger partial charge is 0.406 e. The molecule has 1 aliphatic heterocycles. The van der Waals surface area contributed by atoms with Gasteiger partial charge in [0.2, 0.25) is 0 Å². The Hall–Kier alpha value is -2.80. The van der Waals surface area contributed by atoms with E-state index < -0.39 is 19.1 Å². The maximum atomic E-state index is 12.8. The van der Waals surface area contributed by atoms with E-state index in [4.69, 9.17) is 11.5 Å². The number of ether oxygens (including phenoxy) is 1. The first-order valence-corrected chi connectivity index (χ1v) is 12.9. The third-order valence-corrected chi connectivity index (χ3v) is 6.87. The molecule has 1 aliphatic rings. The molecule has 3 aromatic rings. The number of hydrogen-bond donors (Lipinski definition) is 3. The van der Waals surface area contributed by atoms with Crippen molar-refractivity contribution in [3.8, 4) is 16.9 Å². The van der Waals surface area contributed by atoms with E-state index in [0.29, 0.717) is 43.7 Å². The molecule has 1 saturated heterocycles. The fourth-order valence-electron chi connectivity index (χ4n) is 5.19. The van der Waals surface area contributed by atoms with Crippen LogP contribution in [0.4, 0.5) is 26.3 Å². The fourth-order valence-corrected chi connectivity index (χ4v) is 5.19. The second-order valence-corrected chi connectivity index (χ2v) is 9.87. The van der Waals surface area contributed by atoms with Gasteiger partial charge in [-0.1, -0.05) is 12.1 Å². The topological polar surface area (TPSA) is 81.5 Å². The Morgan fingerprint density at radius 1 is 1.00 bits per heavy atom. The number of fused-ring (bicyclic) bond motifs is 1. The predicted octanol–water partition coefficient (Wildman–Crippen LogP) is 5.13. The van der Waals surface area contributed by atoms with Gasteiger partial charge in [0, 0.05) is 54.9 Å². The zero-order chi connectivity index (χ0) is 28.2. The van der Waals surface area contributed by atoms with Gasteiger partial charge in [-0.15, -0.1) is 13.2 Å². The van der Waals surface area contributed by atoms with Crippen LogP contribution in [0.15, 0.2) is 42.6 Å². The fraction of sp³-hybridized carbons (Fsp3) is 0.481. The highest BCUT2D eigenvalue weighted by Gasteiger charge is 2.32. The van der Waals surface area contributed by atoms with E-state index in [2.05, 4.69) is 19.5 Å². The Labute approximate surface area is 222 Å². The summed E-state index contributed by atoms with van der Waals surface area (Å²) in [4.78, 5) is 2.14. The van der Waals surface area contributed by atoms with E-state index in [1.165, 1.54) is 12.1 Å². The molecule has 0 spiro atoms. The molecular formula is C27H33F6N5O. The van der Waals surface area contributed by atoms with Crippen LogP contribution in [0.2, 0.25) is 0 Å². The number of alkyl halides is 6. The molecule has 0 aliphatic carbocycles. The van der Waals surface area contributed by atoms with Gasteiger partial charge in [-0.25, -0.2) is 0 Å². The molecule has 6 nitrogen and oxygen atoms in total. The Bertz CT molecular complexity index is 1260. The summed E-state index contributed by atoms with van der Waals surface area (Å²) in [6.07, 6.45) is -4.87. The maximum Gasteiger partial charge on any atom is 0.573 e. The number of nitrogens with zero attached hydrogens (tertiary/aromatic N) is 2. The van der Waals surface area contributed by atoms with Crippen LogP contribution in [0, 0.1) is 0 Å². The van der Waals surface area contributed by atoms with Crippen molar-refractivity contribution in [3.05, 3.63) is 53.7 Å². The number of piperidine rings is 1. The van der Waals surface area contributed by atoms with Crippen molar-refractivity contribution in [2.75, 3.05) is 26.2 Å². The lowest BCUT2D eigenvalue weighted by Crippen LogP contribution is -2.47. The van der Waals surface area contributed by atoms with Crippen LogP contribution in [-0.2, 0) is 19.6 Å². The first kappa shape index (κ1) is 29.2. The molecule has 1 aromatic heterocycles. The second kappa shape index (κ2) is 12.2. The molecule has 0 saturated carbocycles. The summed E-state index contributed by atoms with van der Waals surface area (Å²) in [5, 5.41) is 3.53. The number of likely N-dealkylation sites (tertiary alicyclic amines) is 1. The summed E-state index contributed by atoms with van der Waals surface area (Å²) >= 11 is 0. The van der Waals surface area contributed by atoms with E-state index in [0.717, 1.165) is 41.4 Å². The van der Waals surface area contributed by atoms with Crippen LogP contribution >= 0.6 is 0 Å². The number of rotatable bonds is 10. The number of nitrogens with two attached hydrogens (primary N) is 2. The summed E-state index contributed by atoms with van der Waals surface area (Å²) in [5.41, 5.74) is 15.6. The van der Waals surface area contributed by atoms with Crippen LogP contribution in [0.25, 0.3) is 22.0 Å². The van der Waals surface area contributed by atoms with Gasteiger partial charge in [-0.3, -0.25) is 4.90 Å². The SMILES string of the molecule is NCCCn1cc(-c2ccc(OC(F)(F)F)cc2CN)c2cc(CN3CCCC(NCC(F)(F)F)C3)ccc21. The standard InChI is InChI=1S/C27H33F6N5O/c28-26(29,30)17-36-20-3-1-9-37(15-20)14-18-4-7-25-23(11-18)24(16-38(25)10-2-8-34)22-6-5-21(12-19(22)13-35)39-27(31,32)33/h4-7,11-12,16,20,36H,1-3,8-10,13-15,17,34-35H2. The van der Waals surface area contributed by atoms with Crippen molar-refractivity contribution in [2.45, 2.75) is 57.5 Å². The van der Waals surface area contributed by atoms with E-state index in [-0.39, 0.29) is 18.3 Å². The van der Waals surface area contributed by atoms with Crippen molar-refractivity contribution in [1.29, 1.82) is 0 Å². The molecule has 1 fully saturated rings. The molecule has 214 valence electrons. The zero-order valence-corrected chi connectivity index (χ0v) is 21.4. The van der Waals surface area contributed by atoms with Gasteiger partial charge >= 0.3 is 12.5 Å². The largest absolute Gasteiger partial charge is 0.573 e. The second-order valence-electron chi connectivity index (χ2n) is 9.87. The number of nitrogens with one attached hydrogen (secondary N) is 1. The molecule has 1 atom stereocenters.